The first-order chi connectivity index (χ1) is 16.1. The predicted molar refractivity (Wildman–Crippen MR) is 131 cm³/mol. The number of nitrogens with one attached hydrogen (secondary N) is 2. The second-order valence-electron chi connectivity index (χ2n) is 8.32. The van der Waals surface area contributed by atoms with E-state index in [1.807, 2.05) is 36.4 Å². The van der Waals surface area contributed by atoms with Gasteiger partial charge in [-0.25, -0.2) is 0 Å². The van der Waals surface area contributed by atoms with Crippen LogP contribution in [0, 0.1) is 0 Å². The van der Waals surface area contributed by atoms with E-state index in [4.69, 9.17) is 4.74 Å². The molecule has 0 radical (unpaired) electrons. The van der Waals surface area contributed by atoms with E-state index in [2.05, 4.69) is 20.5 Å². The van der Waals surface area contributed by atoms with E-state index >= 15 is 0 Å². The Kier molecular flexibility index (Phi) is 7.52. The Hall–Kier alpha value is -3.45. The van der Waals surface area contributed by atoms with Crippen LogP contribution in [0.2, 0.25) is 0 Å². The number of ether oxygens (including phenoxy) is 1. The molecule has 1 fully saturated rings. The number of allylic oxidation sites excluding steroid dienone is 1. The molecule has 172 valence electrons. The van der Waals surface area contributed by atoms with Crippen LogP contribution < -0.4 is 15.4 Å². The SMILES string of the molecule is CC(=O)NC1=C(c2ccccc2NC(=O)c2ccc(OCCN3CCCCC3)cc2)CN=C1. The highest BCUT2D eigenvalue weighted by atomic mass is 16.5. The van der Waals surface area contributed by atoms with Crippen LogP contribution >= 0.6 is 0 Å². The fourth-order valence-electron chi connectivity index (χ4n) is 4.15. The molecule has 2 N–H and O–H groups in total. The first-order valence-corrected chi connectivity index (χ1v) is 11.5. The number of carbonyl (C=O) groups is 2. The van der Waals surface area contributed by atoms with Crippen LogP contribution in [0.15, 0.2) is 59.2 Å². The van der Waals surface area contributed by atoms with Gasteiger partial charge in [0.2, 0.25) is 5.91 Å². The number of piperidine rings is 1. The van der Waals surface area contributed by atoms with Gasteiger partial charge in [0.1, 0.15) is 12.4 Å². The number of para-hydroxylation sites is 1. The first kappa shape index (κ1) is 22.7. The van der Waals surface area contributed by atoms with Crippen molar-refractivity contribution in [2.24, 2.45) is 4.99 Å². The van der Waals surface area contributed by atoms with Crippen molar-refractivity contribution in [3.8, 4) is 5.75 Å². The number of hydrogen-bond acceptors (Lipinski definition) is 5. The second-order valence-corrected chi connectivity index (χ2v) is 8.32. The molecule has 0 spiro atoms. The molecular weight excluding hydrogens is 416 g/mol. The lowest BCUT2D eigenvalue weighted by Crippen LogP contribution is -2.33. The molecule has 0 aromatic heterocycles. The minimum absolute atomic E-state index is 0.157. The normalized spacial score (nSPS) is 16.0. The smallest absolute Gasteiger partial charge is 0.255 e. The van der Waals surface area contributed by atoms with E-state index in [-0.39, 0.29) is 11.8 Å². The molecule has 0 saturated carbocycles. The maximum atomic E-state index is 12.9. The van der Waals surface area contributed by atoms with Gasteiger partial charge in [-0.3, -0.25) is 19.5 Å². The quantitative estimate of drug-likeness (QED) is 0.647. The molecule has 0 aliphatic carbocycles. The number of hydrogen-bond donors (Lipinski definition) is 2. The molecule has 2 amide bonds. The zero-order chi connectivity index (χ0) is 23.0. The van der Waals surface area contributed by atoms with Crippen LogP contribution in [0.4, 0.5) is 5.69 Å². The number of amides is 2. The Labute approximate surface area is 194 Å². The molecule has 4 rings (SSSR count). The lowest BCUT2D eigenvalue weighted by molar-refractivity contribution is -0.118. The fourth-order valence-corrected chi connectivity index (χ4v) is 4.15. The standard InChI is InChI=1S/C26H30N4O3/c1-19(31)28-25-18-27-17-23(25)22-7-3-4-8-24(22)29-26(32)20-9-11-21(12-10-20)33-16-15-30-13-5-2-6-14-30/h3-4,7-12,18H,2,5-6,13-17H2,1H3,(H,28,31)(H,29,32). The summed E-state index contributed by atoms with van der Waals surface area (Å²) >= 11 is 0. The topological polar surface area (TPSA) is 83.0 Å². The van der Waals surface area contributed by atoms with Crippen molar-refractivity contribution in [2.45, 2.75) is 26.2 Å². The molecule has 2 aliphatic heterocycles. The second kappa shape index (κ2) is 10.9. The summed E-state index contributed by atoms with van der Waals surface area (Å²) in [6.45, 7) is 5.79. The van der Waals surface area contributed by atoms with Gasteiger partial charge in [-0.15, -0.1) is 0 Å². The van der Waals surface area contributed by atoms with Crippen LogP contribution in [0.3, 0.4) is 0 Å². The van der Waals surface area contributed by atoms with Crippen molar-refractivity contribution in [2.75, 3.05) is 38.1 Å². The minimum Gasteiger partial charge on any atom is -0.492 e. The Bertz CT molecular complexity index is 1050. The molecule has 0 bridgehead atoms. The molecule has 7 nitrogen and oxygen atoms in total. The molecule has 7 heteroatoms. The van der Waals surface area contributed by atoms with Gasteiger partial charge < -0.3 is 15.4 Å². The largest absolute Gasteiger partial charge is 0.492 e. The number of anilines is 1. The van der Waals surface area contributed by atoms with Crippen molar-refractivity contribution in [1.29, 1.82) is 0 Å². The molecule has 1 saturated heterocycles. The van der Waals surface area contributed by atoms with E-state index < -0.39 is 0 Å². The van der Waals surface area contributed by atoms with Gasteiger partial charge in [-0.05, 0) is 56.3 Å². The average Bonchev–Trinajstić information content (AvgIpc) is 3.28. The highest BCUT2D eigenvalue weighted by Crippen LogP contribution is 2.28. The Morgan fingerprint density at radius 2 is 1.76 bits per heavy atom. The molecule has 2 aliphatic rings. The lowest BCUT2D eigenvalue weighted by Gasteiger charge is -2.26. The fraction of sp³-hybridized carbons (Fsp3) is 0.346. The third-order valence-corrected chi connectivity index (χ3v) is 5.85. The van der Waals surface area contributed by atoms with Gasteiger partial charge in [0.25, 0.3) is 5.91 Å². The first-order valence-electron chi connectivity index (χ1n) is 11.5. The van der Waals surface area contributed by atoms with E-state index in [1.165, 1.54) is 26.2 Å². The zero-order valence-corrected chi connectivity index (χ0v) is 19.0. The third kappa shape index (κ3) is 6.08. The molecule has 33 heavy (non-hydrogen) atoms. The van der Waals surface area contributed by atoms with Gasteiger partial charge in [0.15, 0.2) is 0 Å². The summed E-state index contributed by atoms with van der Waals surface area (Å²) in [5.41, 5.74) is 3.60. The Balaban J connectivity index is 1.38. The summed E-state index contributed by atoms with van der Waals surface area (Å²) in [4.78, 5) is 31.1. The molecule has 2 aromatic carbocycles. The number of nitrogens with zero attached hydrogens (tertiary/aromatic N) is 2. The van der Waals surface area contributed by atoms with E-state index in [0.29, 0.717) is 30.1 Å². The molecule has 0 atom stereocenters. The monoisotopic (exact) mass is 446 g/mol. The van der Waals surface area contributed by atoms with Crippen molar-refractivity contribution in [1.82, 2.24) is 10.2 Å². The molecule has 2 heterocycles. The van der Waals surface area contributed by atoms with Gasteiger partial charge in [-0.2, -0.15) is 0 Å². The highest BCUT2D eigenvalue weighted by molar-refractivity contribution is 6.07. The summed E-state index contributed by atoms with van der Waals surface area (Å²) in [6, 6.07) is 14.7. The summed E-state index contributed by atoms with van der Waals surface area (Å²) < 4.78 is 5.86. The lowest BCUT2D eigenvalue weighted by atomic mass is 10.0. The maximum absolute atomic E-state index is 12.9. The number of benzene rings is 2. The summed E-state index contributed by atoms with van der Waals surface area (Å²) in [7, 11) is 0. The van der Waals surface area contributed by atoms with Crippen molar-refractivity contribution in [3.63, 3.8) is 0 Å². The van der Waals surface area contributed by atoms with Gasteiger partial charge in [0, 0.05) is 42.1 Å². The van der Waals surface area contributed by atoms with Crippen molar-refractivity contribution >= 4 is 29.3 Å². The highest BCUT2D eigenvalue weighted by Gasteiger charge is 2.18. The summed E-state index contributed by atoms with van der Waals surface area (Å²) in [5, 5.41) is 5.80. The number of likely N-dealkylation sites (tertiary alicyclic amines) is 1. The Morgan fingerprint density at radius 3 is 2.52 bits per heavy atom. The van der Waals surface area contributed by atoms with Crippen LogP contribution in [0.1, 0.15) is 42.1 Å². The zero-order valence-electron chi connectivity index (χ0n) is 19.0. The third-order valence-electron chi connectivity index (χ3n) is 5.85. The number of aliphatic imine (C=N–C) groups is 1. The average molecular weight is 447 g/mol. The molecular formula is C26H30N4O3. The van der Waals surface area contributed by atoms with Crippen LogP contribution in [-0.4, -0.2) is 55.7 Å². The van der Waals surface area contributed by atoms with Crippen molar-refractivity contribution in [3.05, 3.63) is 65.4 Å². The summed E-state index contributed by atoms with van der Waals surface area (Å²) in [6.07, 6.45) is 5.52. The van der Waals surface area contributed by atoms with E-state index in [1.54, 1.807) is 18.3 Å². The van der Waals surface area contributed by atoms with Gasteiger partial charge in [-0.1, -0.05) is 24.6 Å². The molecule has 2 aromatic rings. The van der Waals surface area contributed by atoms with Crippen LogP contribution in [-0.2, 0) is 4.79 Å². The summed E-state index contributed by atoms with van der Waals surface area (Å²) in [5.74, 6) is 0.399. The van der Waals surface area contributed by atoms with Crippen LogP contribution in [0.25, 0.3) is 5.57 Å². The van der Waals surface area contributed by atoms with Crippen molar-refractivity contribution < 1.29 is 14.3 Å². The van der Waals surface area contributed by atoms with Crippen LogP contribution in [0.5, 0.6) is 5.75 Å². The van der Waals surface area contributed by atoms with E-state index in [0.717, 1.165) is 36.5 Å². The number of carbonyl (C=O) groups excluding carboxylic acids is 2. The number of rotatable bonds is 8. The Morgan fingerprint density at radius 1 is 1.00 bits per heavy atom. The molecule has 0 unspecified atom stereocenters. The van der Waals surface area contributed by atoms with Gasteiger partial charge >= 0.3 is 0 Å². The maximum Gasteiger partial charge on any atom is 0.255 e. The van der Waals surface area contributed by atoms with E-state index in [9.17, 15) is 9.59 Å². The predicted octanol–water partition coefficient (Wildman–Crippen LogP) is 3.74. The minimum atomic E-state index is -0.206. The van der Waals surface area contributed by atoms with Gasteiger partial charge in [0.05, 0.1) is 12.2 Å².